The maximum Gasteiger partial charge on any atom is 0.311 e. The third-order valence-electron chi connectivity index (χ3n) is 2.33. The van der Waals surface area contributed by atoms with Crippen molar-refractivity contribution in [2.24, 2.45) is 0 Å². The van der Waals surface area contributed by atoms with Crippen molar-refractivity contribution in [3.63, 3.8) is 0 Å². The van der Waals surface area contributed by atoms with Gasteiger partial charge in [0.05, 0.1) is 4.92 Å². The molecule has 0 unspecified atom stereocenters. The quantitative estimate of drug-likeness (QED) is 0.571. The molecule has 15 heavy (non-hydrogen) atoms. The van der Waals surface area contributed by atoms with Crippen LogP contribution in [0.1, 0.15) is 31.9 Å². The third kappa shape index (κ3) is 2.26. The monoisotopic (exact) mass is 209 g/mol. The van der Waals surface area contributed by atoms with Crippen molar-refractivity contribution in [2.45, 2.75) is 33.1 Å². The molecule has 0 heterocycles. The molecule has 0 bridgehead atoms. The van der Waals surface area contributed by atoms with Gasteiger partial charge >= 0.3 is 5.69 Å². The topological polar surface area (TPSA) is 63.4 Å². The average Bonchev–Trinajstić information content (AvgIpc) is 2.00. The lowest BCUT2D eigenvalue weighted by Crippen LogP contribution is -2.13. The van der Waals surface area contributed by atoms with Crippen molar-refractivity contribution < 1.29 is 10.0 Å². The first-order chi connectivity index (χ1) is 6.73. The molecule has 82 valence electrons. The summed E-state index contributed by atoms with van der Waals surface area (Å²) in [4.78, 5) is 10.1. The number of nitro groups is 1. The molecule has 0 amide bonds. The van der Waals surface area contributed by atoms with Gasteiger partial charge in [0.2, 0.25) is 0 Å². The maximum atomic E-state index is 10.7. The lowest BCUT2D eigenvalue weighted by atomic mass is 9.84. The zero-order chi connectivity index (χ0) is 11.8. The Bertz CT molecular complexity index is 405. The van der Waals surface area contributed by atoms with Crippen LogP contribution in [0.4, 0.5) is 5.69 Å². The minimum atomic E-state index is -0.565. The van der Waals surface area contributed by atoms with E-state index in [1.165, 1.54) is 12.1 Å². The zero-order valence-corrected chi connectivity index (χ0v) is 9.37. The first kappa shape index (κ1) is 11.5. The Hall–Kier alpha value is -1.58. The summed E-state index contributed by atoms with van der Waals surface area (Å²) in [5, 5.41) is 20.1. The van der Waals surface area contributed by atoms with Gasteiger partial charge in [-0.25, -0.2) is 0 Å². The maximum absolute atomic E-state index is 10.7. The van der Waals surface area contributed by atoms with Gasteiger partial charge in [0.15, 0.2) is 5.75 Å². The molecule has 0 aliphatic rings. The first-order valence-electron chi connectivity index (χ1n) is 4.72. The highest BCUT2D eigenvalue weighted by Gasteiger charge is 2.22. The van der Waals surface area contributed by atoms with E-state index >= 15 is 0 Å². The fourth-order valence-corrected chi connectivity index (χ4v) is 1.64. The third-order valence-corrected chi connectivity index (χ3v) is 2.33. The number of phenols is 1. The van der Waals surface area contributed by atoms with E-state index in [0.29, 0.717) is 0 Å². The van der Waals surface area contributed by atoms with E-state index in [2.05, 4.69) is 0 Å². The molecule has 0 radical (unpaired) electrons. The van der Waals surface area contributed by atoms with Crippen molar-refractivity contribution in [2.75, 3.05) is 0 Å². The number of rotatable bonds is 1. The van der Waals surface area contributed by atoms with Crippen LogP contribution in [-0.2, 0) is 5.41 Å². The first-order valence-corrected chi connectivity index (χ1v) is 4.72. The molecule has 0 fully saturated rings. The van der Waals surface area contributed by atoms with E-state index in [9.17, 15) is 15.2 Å². The van der Waals surface area contributed by atoms with Gasteiger partial charge in [-0.3, -0.25) is 10.1 Å². The van der Waals surface area contributed by atoms with Crippen LogP contribution in [0, 0.1) is 17.0 Å². The molecule has 4 nitrogen and oxygen atoms in total. The van der Waals surface area contributed by atoms with Gasteiger partial charge in [0.25, 0.3) is 0 Å². The van der Waals surface area contributed by atoms with E-state index < -0.39 is 4.92 Å². The zero-order valence-electron chi connectivity index (χ0n) is 9.37. The molecule has 0 saturated carbocycles. The van der Waals surface area contributed by atoms with E-state index in [0.717, 1.165) is 11.1 Å². The highest BCUT2D eigenvalue weighted by molar-refractivity contribution is 5.52. The predicted octanol–water partition coefficient (Wildman–Crippen LogP) is 2.91. The van der Waals surface area contributed by atoms with Crippen molar-refractivity contribution in [1.29, 1.82) is 0 Å². The molecule has 0 atom stereocenters. The minimum Gasteiger partial charge on any atom is -0.502 e. The standard InChI is InChI=1S/C11H15NO3/c1-7-5-10(13)9(12(14)15)6-8(7)11(2,3)4/h5-6,13H,1-4H3. The lowest BCUT2D eigenvalue weighted by molar-refractivity contribution is -0.386. The smallest absolute Gasteiger partial charge is 0.311 e. The number of aryl methyl sites for hydroxylation is 1. The van der Waals surface area contributed by atoms with Gasteiger partial charge in [-0.1, -0.05) is 20.8 Å². The van der Waals surface area contributed by atoms with Crippen molar-refractivity contribution >= 4 is 5.69 Å². The van der Waals surface area contributed by atoms with E-state index in [4.69, 9.17) is 0 Å². The molecule has 1 rings (SSSR count). The minimum absolute atomic E-state index is 0.164. The summed E-state index contributed by atoms with van der Waals surface area (Å²) in [7, 11) is 0. The van der Waals surface area contributed by atoms with Crippen LogP contribution in [-0.4, -0.2) is 10.0 Å². The summed E-state index contributed by atoms with van der Waals surface area (Å²) >= 11 is 0. The summed E-state index contributed by atoms with van der Waals surface area (Å²) < 4.78 is 0. The fraction of sp³-hybridized carbons (Fsp3) is 0.455. The Balaban J connectivity index is 3.43. The van der Waals surface area contributed by atoms with Crippen LogP contribution in [0.15, 0.2) is 12.1 Å². The van der Waals surface area contributed by atoms with Crippen molar-refractivity contribution in [1.82, 2.24) is 0 Å². The molecule has 1 N–H and O–H groups in total. The number of aromatic hydroxyl groups is 1. The normalized spacial score (nSPS) is 11.5. The van der Waals surface area contributed by atoms with Gasteiger partial charge < -0.3 is 5.11 Å². The molecular weight excluding hydrogens is 194 g/mol. The van der Waals surface area contributed by atoms with Crippen LogP contribution in [0.25, 0.3) is 0 Å². The number of nitro benzene ring substituents is 1. The second-order valence-corrected chi connectivity index (χ2v) is 4.66. The van der Waals surface area contributed by atoms with Gasteiger partial charge in [0.1, 0.15) is 0 Å². The van der Waals surface area contributed by atoms with Crippen LogP contribution >= 0.6 is 0 Å². The molecule has 0 aromatic heterocycles. The number of hydrogen-bond acceptors (Lipinski definition) is 3. The highest BCUT2D eigenvalue weighted by Crippen LogP contribution is 2.34. The Labute approximate surface area is 88.7 Å². The predicted molar refractivity (Wildman–Crippen MR) is 58.2 cm³/mol. The van der Waals surface area contributed by atoms with Gasteiger partial charge in [-0.15, -0.1) is 0 Å². The van der Waals surface area contributed by atoms with Gasteiger partial charge in [-0.2, -0.15) is 0 Å². The van der Waals surface area contributed by atoms with Crippen LogP contribution in [0.3, 0.4) is 0 Å². The molecular formula is C11H15NO3. The molecule has 0 aliphatic heterocycles. The van der Waals surface area contributed by atoms with Crippen LogP contribution in [0.5, 0.6) is 5.75 Å². The second-order valence-electron chi connectivity index (χ2n) is 4.66. The Morgan fingerprint density at radius 2 is 1.87 bits per heavy atom. The SMILES string of the molecule is Cc1cc(O)c([N+](=O)[O-])cc1C(C)(C)C. The van der Waals surface area contributed by atoms with Gasteiger partial charge in [0, 0.05) is 6.07 Å². The molecule has 1 aromatic rings. The molecule has 0 aliphatic carbocycles. The van der Waals surface area contributed by atoms with E-state index in [1.807, 2.05) is 27.7 Å². The number of phenolic OH excluding ortho intramolecular Hbond substituents is 1. The molecule has 0 spiro atoms. The summed E-state index contributed by atoms with van der Waals surface area (Å²) in [6.45, 7) is 7.78. The number of hydrogen-bond donors (Lipinski definition) is 1. The fourth-order valence-electron chi connectivity index (χ4n) is 1.64. The Morgan fingerprint density at radius 1 is 1.33 bits per heavy atom. The van der Waals surface area contributed by atoms with Gasteiger partial charge in [-0.05, 0) is 29.5 Å². The van der Waals surface area contributed by atoms with Crippen LogP contribution in [0.2, 0.25) is 0 Å². The summed E-state index contributed by atoms with van der Waals surface area (Å²) in [6, 6.07) is 2.89. The van der Waals surface area contributed by atoms with E-state index in [-0.39, 0.29) is 16.9 Å². The highest BCUT2D eigenvalue weighted by atomic mass is 16.6. The Kier molecular flexibility index (Phi) is 2.71. The number of nitrogens with zero attached hydrogens (tertiary/aromatic N) is 1. The van der Waals surface area contributed by atoms with Crippen molar-refractivity contribution in [3.05, 3.63) is 33.4 Å². The number of benzene rings is 1. The summed E-state index contributed by atoms with van der Waals surface area (Å²) in [6.07, 6.45) is 0. The largest absolute Gasteiger partial charge is 0.502 e. The lowest BCUT2D eigenvalue weighted by Gasteiger charge is -2.21. The molecule has 4 heteroatoms. The average molecular weight is 209 g/mol. The molecule has 1 aromatic carbocycles. The Morgan fingerprint density at radius 3 is 2.27 bits per heavy atom. The van der Waals surface area contributed by atoms with E-state index in [1.54, 1.807) is 0 Å². The van der Waals surface area contributed by atoms with Crippen LogP contribution < -0.4 is 0 Å². The second kappa shape index (κ2) is 3.53. The summed E-state index contributed by atoms with van der Waals surface area (Å²) in [5.74, 6) is -0.273. The summed E-state index contributed by atoms with van der Waals surface area (Å²) in [5.41, 5.74) is 1.35. The van der Waals surface area contributed by atoms with Crippen molar-refractivity contribution in [3.8, 4) is 5.75 Å². The molecule has 0 saturated heterocycles.